The van der Waals surface area contributed by atoms with E-state index in [2.05, 4.69) is 20.5 Å². The Kier molecular flexibility index (Phi) is 7.33. The normalized spacial score (nSPS) is 13.5. The Hall–Kier alpha value is -3.28. The smallest absolute Gasteiger partial charge is 0.356 e. The number of methoxy groups -OCH3 is 1. The highest BCUT2D eigenvalue weighted by Gasteiger charge is 2.23. The molecule has 1 fully saturated rings. The van der Waals surface area contributed by atoms with E-state index in [1.165, 1.54) is 13.3 Å². The monoisotopic (exact) mass is 489 g/mol. The lowest BCUT2D eigenvalue weighted by Crippen LogP contribution is -2.37. The molecule has 1 N–H and O–H groups in total. The van der Waals surface area contributed by atoms with Crippen molar-refractivity contribution in [2.45, 2.75) is 6.61 Å². The van der Waals surface area contributed by atoms with E-state index in [-0.39, 0.29) is 10.8 Å². The summed E-state index contributed by atoms with van der Waals surface area (Å²) in [5.41, 5.74) is 1.90. The van der Waals surface area contributed by atoms with Gasteiger partial charge in [0.25, 0.3) is 11.1 Å². The highest BCUT2D eigenvalue weighted by Crippen LogP contribution is 2.27. The molecule has 172 valence electrons. The molecule has 2 aromatic heterocycles. The van der Waals surface area contributed by atoms with Gasteiger partial charge in [-0.2, -0.15) is 0 Å². The van der Waals surface area contributed by atoms with E-state index in [1.54, 1.807) is 18.2 Å². The van der Waals surface area contributed by atoms with Gasteiger partial charge >= 0.3 is 5.97 Å². The number of aromatic nitrogens is 3. The van der Waals surface area contributed by atoms with E-state index in [4.69, 9.17) is 25.8 Å². The molecule has 33 heavy (non-hydrogen) atoms. The molecular formula is C21H20ClN5O5S. The molecule has 1 aliphatic heterocycles. The molecule has 0 saturated carbocycles. The number of nitrogens with one attached hydrogen (secondary N) is 1. The molecule has 0 aliphatic carbocycles. The van der Waals surface area contributed by atoms with Crippen molar-refractivity contribution < 1.29 is 23.8 Å². The van der Waals surface area contributed by atoms with E-state index in [1.807, 2.05) is 17.0 Å². The van der Waals surface area contributed by atoms with Gasteiger partial charge in [-0.15, -0.1) is 5.10 Å². The van der Waals surface area contributed by atoms with Gasteiger partial charge in [-0.25, -0.2) is 9.78 Å². The largest absolute Gasteiger partial charge is 0.464 e. The van der Waals surface area contributed by atoms with Crippen LogP contribution in [0, 0.1) is 0 Å². The van der Waals surface area contributed by atoms with Crippen molar-refractivity contribution in [3.63, 3.8) is 0 Å². The van der Waals surface area contributed by atoms with Gasteiger partial charge in [0, 0.05) is 24.3 Å². The van der Waals surface area contributed by atoms with Crippen LogP contribution in [-0.4, -0.2) is 60.5 Å². The van der Waals surface area contributed by atoms with Crippen LogP contribution < -0.4 is 15.0 Å². The first-order valence-corrected chi connectivity index (χ1v) is 11.2. The average Bonchev–Trinajstić information content (AvgIpc) is 3.30. The maximum absolute atomic E-state index is 13.0. The Balaban J connectivity index is 1.47. The van der Waals surface area contributed by atoms with Crippen LogP contribution >= 0.6 is 22.9 Å². The van der Waals surface area contributed by atoms with Crippen LogP contribution in [0.25, 0.3) is 0 Å². The summed E-state index contributed by atoms with van der Waals surface area (Å²) in [7, 11) is 1.28. The zero-order chi connectivity index (χ0) is 23.2. The Morgan fingerprint density at radius 1 is 1.21 bits per heavy atom. The van der Waals surface area contributed by atoms with Crippen molar-refractivity contribution >= 4 is 45.6 Å². The van der Waals surface area contributed by atoms with Crippen LogP contribution in [-0.2, 0) is 16.1 Å². The second-order valence-corrected chi connectivity index (χ2v) is 8.30. The van der Waals surface area contributed by atoms with Crippen molar-refractivity contribution in [3.05, 3.63) is 58.4 Å². The Bertz CT molecular complexity index is 1130. The minimum Gasteiger partial charge on any atom is -0.464 e. The van der Waals surface area contributed by atoms with Crippen molar-refractivity contribution in [2.24, 2.45) is 0 Å². The predicted octanol–water partition coefficient (Wildman–Crippen LogP) is 3.04. The lowest BCUT2D eigenvalue weighted by Gasteiger charge is -2.30. The van der Waals surface area contributed by atoms with Gasteiger partial charge in [0.15, 0.2) is 0 Å². The zero-order valence-electron chi connectivity index (χ0n) is 17.6. The predicted molar refractivity (Wildman–Crippen MR) is 122 cm³/mol. The van der Waals surface area contributed by atoms with Gasteiger partial charge in [-0.3, -0.25) is 10.1 Å². The fourth-order valence-electron chi connectivity index (χ4n) is 3.11. The molecule has 0 atom stereocenters. The minimum atomic E-state index is -0.580. The van der Waals surface area contributed by atoms with Gasteiger partial charge in [0.1, 0.15) is 12.3 Å². The summed E-state index contributed by atoms with van der Waals surface area (Å²) in [4.78, 5) is 31.0. The van der Waals surface area contributed by atoms with Crippen LogP contribution in [0.1, 0.15) is 26.4 Å². The summed E-state index contributed by atoms with van der Waals surface area (Å²) in [6.45, 7) is 2.47. The number of nitrogens with zero attached hydrogens (tertiary/aromatic N) is 4. The quantitative estimate of drug-likeness (QED) is 0.500. The molecular weight excluding hydrogens is 470 g/mol. The number of anilines is 2. The fraction of sp³-hybridized carbons (Fsp3) is 0.286. The van der Waals surface area contributed by atoms with E-state index in [0.29, 0.717) is 54.4 Å². The standard InChI is InChI=1S/C21H20ClN5O5S/c1-30-19(29)16-10-17(27-6-8-31-9-7-27)15(11-23-16)18(28)24-20-25-26-21(33-20)32-12-13-2-4-14(22)5-3-13/h2-5,10-11H,6-9,12H2,1H3,(H,24,25,28). The van der Waals surface area contributed by atoms with E-state index >= 15 is 0 Å². The third kappa shape index (κ3) is 5.75. The number of carbonyl (C=O) groups is 2. The van der Waals surface area contributed by atoms with Crippen molar-refractivity contribution in [1.82, 2.24) is 15.2 Å². The van der Waals surface area contributed by atoms with Crippen molar-refractivity contribution in [3.8, 4) is 5.19 Å². The highest BCUT2D eigenvalue weighted by molar-refractivity contribution is 7.17. The molecule has 1 aromatic carbocycles. The number of ether oxygens (including phenoxy) is 3. The first kappa shape index (κ1) is 22.9. The third-order valence-corrected chi connectivity index (χ3v) is 5.78. The second kappa shape index (κ2) is 10.6. The van der Waals surface area contributed by atoms with Crippen molar-refractivity contribution in [1.29, 1.82) is 0 Å². The number of pyridine rings is 1. The molecule has 0 spiro atoms. The molecule has 3 aromatic rings. The van der Waals surface area contributed by atoms with Crippen LogP contribution in [0.4, 0.5) is 10.8 Å². The van der Waals surface area contributed by atoms with E-state index < -0.39 is 11.9 Å². The fourth-order valence-corrected chi connectivity index (χ4v) is 3.83. The van der Waals surface area contributed by atoms with Crippen LogP contribution in [0.2, 0.25) is 5.02 Å². The van der Waals surface area contributed by atoms with Gasteiger partial charge in [-0.1, -0.05) is 28.8 Å². The first-order valence-electron chi connectivity index (χ1n) is 9.96. The number of carbonyl (C=O) groups excluding carboxylic acids is 2. The Morgan fingerprint density at radius 2 is 1.97 bits per heavy atom. The number of rotatable bonds is 7. The molecule has 4 rings (SSSR count). The highest BCUT2D eigenvalue weighted by atomic mass is 35.5. The Labute approximate surface area is 198 Å². The SMILES string of the molecule is COC(=O)c1cc(N2CCOCC2)c(C(=O)Nc2nnc(OCc3ccc(Cl)cc3)s2)cn1. The maximum atomic E-state index is 13.0. The van der Waals surface area contributed by atoms with Gasteiger partial charge in [-0.05, 0) is 35.1 Å². The van der Waals surface area contributed by atoms with E-state index in [0.717, 1.165) is 16.9 Å². The molecule has 12 heteroatoms. The zero-order valence-corrected chi connectivity index (χ0v) is 19.2. The first-order chi connectivity index (χ1) is 16.0. The Morgan fingerprint density at radius 3 is 2.70 bits per heavy atom. The van der Waals surface area contributed by atoms with Crippen LogP contribution in [0.15, 0.2) is 36.5 Å². The van der Waals surface area contributed by atoms with Gasteiger partial charge in [0.2, 0.25) is 5.13 Å². The number of amides is 1. The molecule has 3 heterocycles. The third-order valence-electron chi connectivity index (χ3n) is 4.78. The van der Waals surface area contributed by atoms with Crippen molar-refractivity contribution in [2.75, 3.05) is 43.6 Å². The average molecular weight is 490 g/mol. The van der Waals surface area contributed by atoms with E-state index in [9.17, 15) is 9.59 Å². The lowest BCUT2D eigenvalue weighted by atomic mass is 10.1. The number of benzene rings is 1. The van der Waals surface area contributed by atoms with Gasteiger partial charge in [0.05, 0.1) is 31.6 Å². The summed E-state index contributed by atoms with van der Waals surface area (Å²) in [5, 5.41) is 11.9. The lowest BCUT2D eigenvalue weighted by molar-refractivity contribution is 0.0593. The molecule has 0 unspecified atom stereocenters. The summed E-state index contributed by atoms with van der Waals surface area (Å²) >= 11 is 6.99. The molecule has 1 aliphatic rings. The van der Waals surface area contributed by atoms with Crippen LogP contribution in [0.5, 0.6) is 5.19 Å². The van der Waals surface area contributed by atoms with Crippen LogP contribution in [0.3, 0.4) is 0 Å². The number of halogens is 1. The molecule has 0 bridgehead atoms. The second-order valence-electron chi connectivity index (χ2n) is 6.92. The number of hydrogen-bond acceptors (Lipinski definition) is 10. The number of esters is 1. The summed E-state index contributed by atoms with van der Waals surface area (Å²) < 4.78 is 15.8. The topological polar surface area (TPSA) is 116 Å². The molecule has 1 saturated heterocycles. The molecule has 1 amide bonds. The summed E-state index contributed by atoms with van der Waals surface area (Å²) in [6, 6.07) is 8.80. The maximum Gasteiger partial charge on any atom is 0.356 e. The number of morpholine rings is 1. The molecule has 0 radical (unpaired) electrons. The molecule has 10 nitrogen and oxygen atoms in total. The summed E-state index contributed by atoms with van der Waals surface area (Å²) in [6.07, 6.45) is 1.35. The number of hydrogen-bond donors (Lipinski definition) is 1. The summed E-state index contributed by atoms with van der Waals surface area (Å²) in [5.74, 6) is -1.01. The minimum absolute atomic E-state index is 0.115. The van der Waals surface area contributed by atoms with Gasteiger partial charge < -0.3 is 19.1 Å².